The Kier molecular flexibility index (Phi) is 5.38. The van der Waals surface area contributed by atoms with Gasteiger partial charge in [-0.3, -0.25) is 9.69 Å². The van der Waals surface area contributed by atoms with Crippen LogP contribution in [0.25, 0.3) is 0 Å². The first-order valence-electron chi connectivity index (χ1n) is 6.07. The molecule has 120 valence electrons. The van der Waals surface area contributed by atoms with Crippen LogP contribution in [0.3, 0.4) is 0 Å². The number of hydrogen-bond donors (Lipinski definition) is 2. The number of aryl methyl sites for hydroxylation is 1. The molecule has 2 atom stereocenters. The van der Waals surface area contributed by atoms with Crippen LogP contribution in [0.15, 0.2) is 15.6 Å². The van der Waals surface area contributed by atoms with Gasteiger partial charge in [0, 0.05) is 11.5 Å². The van der Waals surface area contributed by atoms with Gasteiger partial charge in [0.05, 0.1) is 0 Å². The Labute approximate surface area is 145 Å². The number of nitrogens with zero attached hydrogens (tertiary/aromatic N) is 3. The van der Waals surface area contributed by atoms with Gasteiger partial charge in [-0.05, 0) is 12.5 Å². The maximum Gasteiger partial charge on any atom is 0.352 e. The molecule has 3 N–H and O–H groups in total. The lowest BCUT2D eigenvalue weighted by molar-refractivity contribution is -0.147. The Hall–Kier alpha value is -0.810. The summed E-state index contributed by atoms with van der Waals surface area (Å²) in [5.41, 5.74) is 6.51. The van der Waals surface area contributed by atoms with Crippen molar-refractivity contribution >= 4 is 59.1 Å². The number of fused-ring (bicyclic) bond motifs is 1. The Morgan fingerprint density at radius 1 is 1.55 bits per heavy atom. The minimum Gasteiger partial charge on any atom is -0.477 e. The van der Waals surface area contributed by atoms with Gasteiger partial charge in [-0.15, -0.1) is 34.4 Å². The monoisotopic (exact) mass is 380 g/mol. The third-order valence-corrected chi connectivity index (χ3v) is 6.59. The van der Waals surface area contributed by atoms with Crippen LogP contribution in [-0.2, 0) is 9.59 Å². The number of nitrogens with two attached hydrogens (primary N) is 1. The molecule has 1 amide bonds. The molecule has 0 aliphatic carbocycles. The molecule has 7 nitrogen and oxygen atoms in total. The third-order valence-electron chi connectivity index (χ3n) is 3.17. The second-order valence-electron chi connectivity index (χ2n) is 4.57. The zero-order chi connectivity index (χ0) is 15.1. The zero-order valence-corrected chi connectivity index (χ0v) is 14.7. The second-order valence-corrected chi connectivity index (χ2v) is 8.08. The van der Waals surface area contributed by atoms with Gasteiger partial charge in [-0.2, -0.15) is 0 Å². The fourth-order valence-corrected chi connectivity index (χ4v) is 5.42. The van der Waals surface area contributed by atoms with Gasteiger partial charge in [0.25, 0.3) is 0 Å². The van der Waals surface area contributed by atoms with E-state index in [1.54, 1.807) is 0 Å². The van der Waals surface area contributed by atoms with Crippen LogP contribution < -0.4 is 5.73 Å². The van der Waals surface area contributed by atoms with Crippen LogP contribution in [0.5, 0.6) is 0 Å². The molecule has 2 aliphatic heterocycles. The van der Waals surface area contributed by atoms with Gasteiger partial charge >= 0.3 is 5.97 Å². The molecule has 0 saturated carbocycles. The van der Waals surface area contributed by atoms with Crippen molar-refractivity contribution in [1.82, 2.24) is 15.1 Å². The van der Waals surface area contributed by atoms with E-state index in [0.29, 0.717) is 11.5 Å². The highest BCUT2D eigenvalue weighted by atomic mass is 35.5. The Morgan fingerprint density at radius 3 is 2.86 bits per heavy atom. The van der Waals surface area contributed by atoms with Crippen molar-refractivity contribution in [1.29, 1.82) is 0 Å². The van der Waals surface area contributed by atoms with Crippen LogP contribution in [0.4, 0.5) is 0 Å². The van der Waals surface area contributed by atoms with Gasteiger partial charge in [0.1, 0.15) is 22.1 Å². The van der Waals surface area contributed by atoms with Crippen molar-refractivity contribution in [3.63, 3.8) is 0 Å². The maximum atomic E-state index is 11.8. The highest BCUT2D eigenvalue weighted by Crippen LogP contribution is 2.40. The molecule has 0 radical (unpaired) electrons. The summed E-state index contributed by atoms with van der Waals surface area (Å²) in [4.78, 5) is 24.6. The number of carboxylic acid groups (broad SMARTS) is 1. The molecule has 0 bridgehead atoms. The number of amides is 1. The first-order chi connectivity index (χ1) is 9.99. The maximum absolute atomic E-state index is 11.8. The van der Waals surface area contributed by atoms with E-state index >= 15 is 0 Å². The molecule has 22 heavy (non-hydrogen) atoms. The van der Waals surface area contributed by atoms with Crippen LogP contribution in [0.2, 0.25) is 0 Å². The number of aliphatic carboxylic acids is 1. The van der Waals surface area contributed by atoms with Crippen molar-refractivity contribution in [3.05, 3.63) is 16.3 Å². The summed E-state index contributed by atoms with van der Waals surface area (Å²) in [5.74, 6) is -0.354. The average Bonchev–Trinajstić information content (AvgIpc) is 2.88. The second kappa shape index (κ2) is 6.75. The van der Waals surface area contributed by atoms with E-state index in [1.165, 1.54) is 39.8 Å². The van der Waals surface area contributed by atoms with Crippen LogP contribution in [0.1, 0.15) is 5.01 Å². The number of halogens is 1. The van der Waals surface area contributed by atoms with Crippen molar-refractivity contribution < 1.29 is 14.7 Å². The van der Waals surface area contributed by atoms with Gasteiger partial charge in [-0.1, -0.05) is 23.1 Å². The fraction of sp³-hybridized carbons (Fsp3) is 0.455. The lowest BCUT2D eigenvalue weighted by Crippen LogP contribution is -2.68. The molecule has 0 aromatic carbocycles. The predicted molar refractivity (Wildman–Crippen MR) is 88.3 cm³/mol. The zero-order valence-electron chi connectivity index (χ0n) is 11.4. The topological polar surface area (TPSA) is 109 Å². The Bertz CT molecular complexity index is 650. The quantitative estimate of drug-likeness (QED) is 0.586. The SMILES string of the molecule is Cc1nnc(SCC2=C(C(=O)O)N3C(=O)[C@H](N)[C@@H]3SC2)s1.Cl. The van der Waals surface area contributed by atoms with Gasteiger partial charge in [0.2, 0.25) is 5.91 Å². The molecule has 11 heteroatoms. The van der Waals surface area contributed by atoms with Crippen LogP contribution >= 0.6 is 47.3 Å². The molecular weight excluding hydrogens is 368 g/mol. The molecule has 0 unspecified atom stereocenters. The standard InChI is InChI=1S/C11H12N4O3S3.ClH/c1-4-13-14-11(21-4)20-3-5-2-19-9-6(12)8(16)15(9)7(5)10(17)18;/h6,9H,2-3,12H2,1H3,(H,17,18);1H/t6-,9-;/m0./s1. The molecule has 1 aromatic rings. The van der Waals surface area contributed by atoms with E-state index < -0.39 is 12.0 Å². The molecular formula is C11H13ClN4O3S3. The minimum atomic E-state index is -1.08. The number of carbonyl (C=O) groups is 2. The van der Waals surface area contributed by atoms with E-state index in [-0.39, 0.29) is 29.4 Å². The summed E-state index contributed by atoms with van der Waals surface area (Å²) in [6.45, 7) is 1.87. The summed E-state index contributed by atoms with van der Waals surface area (Å²) in [6, 6.07) is -0.593. The van der Waals surface area contributed by atoms with E-state index in [2.05, 4.69) is 10.2 Å². The fourth-order valence-electron chi connectivity index (χ4n) is 2.18. The van der Waals surface area contributed by atoms with Crippen LogP contribution in [-0.4, -0.2) is 55.0 Å². The molecule has 0 spiro atoms. The van der Waals surface area contributed by atoms with Gasteiger partial charge in [-0.25, -0.2) is 4.79 Å². The van der Waals surface area contributed by atoms with Gasteiger partial charge < -0.3 is 10.8 Å². The lowest BCUT2D eigenvalue weighted by atomic mass is 10.0. The van der Waals surface area contributed by atoms with Crippen molar-refractivity contribution in [3.8, 4) is 0 Å². The van der Waals surface area contributed by atoms with E-state index in [9.17, 15) is 14.7 Å². The number of thioether (sulfide) groups is 2. The molecule has 2 aliphatic rings. The molecule has 1 aromatic heterocycles. The summed E-state index contributed by atoms with van der Waals surface area (Å²) in [6.07, 6.45) is 0. The number of rotatable bonds is 4. The first-order valence-corrected chi connectivity index (χ1v) is 8.92. The predicted octanol–water partition coefficient (Wildman–Crippen LogP) is 0.942. The lowest BCUT2D eigenvalue weighted by Gasteiger charge is -2.48. The highest BCUT2D eigenvalue weighted by molar-refractivity contribution is 8.01. The number of β-lactam (4-membered cyclic amide) rings is 1. The number of hydrogen-bond acceptors (Lipinski definition) is 8. The molecule has 3 heterocycles. The molecule has 1 fully saturated rings. The summed E-state index contributed by atoms with van der Waals surface area (Å²) in [7, 11) is 0. The van der Waals surface area contributed by atoms with Crippen LogP contribution in [0, 0.1) is 6.92 Å². The summed E-state index contributed by atoms with van der Waals surface area (Å²) in [5, 5.41) is 17.9. The van der Waals surface area contributed by atoms with Crippen molar-refractivity contribution in [2.45, 2.75) is 22.7 Å². The number of carbonyl (C=O) groups excluding carboxylic acids is 1. The van der Waals surface area contributed by atoms with E-state index in [4.69, 9.17) is 5.73 Å². The number of aromatic nitrogens is 2. The van der Waals surface area contributed by atoms with Crippen molar-refractivity contribution in [2.24, 2.45) is 5.73 Å². The molecule has 1 saturated heterocycles. The summed E-state index contributed by atoms with van der Waals surface area (Å²) < 4.78 is 0.795. The third kappa shape index (κ3) is 2.98. The largest absolute Gasteiger partial charge is 0.477 e. The Morgan fingerprint density at radius 2 is 2.27 bits per heavy atom. The van der Waals surface area contributed by atoms with Gasteiger partial charge in [0.15, 0.2) is 4.34 Å². The number of carboxylic acids is 1. The highest BCUT2D eigenvalue weighted by Gasteiger charge is 2.51. The van der Waals surface area contributed by atoms with E-state index in [0.717, 1.165) is 14.9 Å². The average molecular weight is 381 g/mol. The first kappa shape index (κ1) is 17.5. The smallest absolute Gasteiger partial charge is 0.352 e. The summed E-state index contributed by atoms with van der Waals surface area (Å²) >= 11 is 4.41. The minimum absolute atomic E-state index is 0. The molecule has 3 rings (SSSR count). The normalized spacial score (nSPS) is 23.7. The van der Waals surface area contributed by atoms with Crippen molar-refractivity contribution in [2.75, 3.05) is 11.5 Å². The van der Waals surface area contributed by atoms with E-state index in [1.807, 2.05) is 6.92 Å². The Balaban J connectivity index is 0.00000176.